The van der Waals surface area contributed by atoms with Gasteiger partial charge in [-0.2, -0.15) is 0 Å². The van der Waals surface area contributed by atoms with Gasteiger partial charge < -0.3 is 5.32 Å². The second kappa shape index (κ2) is 6.51. The second-order valence-electron chi connectivity index (χ2n) is 4.65. The predicted octanol–water partition coefficient (Wildman–Crippen LogP) is 5.34. The average Bonchev–Trinajstić information content (AvgIpc) is 2.21. The van der Waals surface area contributed by atoms with E-state index in [0.29, 0.717) is 6.04 Å². The Morgan fingerprint density at radius 2 is 1.94 bits per heavy atom. The van der Waals surface area contributed by atoms with Gasteiger partial charge in [0.05, 0.1) is 5.02 Å². The van der Waals surface area contributed by atoms with Crippen LogP contribution in [0.4, 0.5) is 5.69 Å². The van der Waals surface area contributed by atoms with Gasteiger partial charge in [-0.05, 0) is 59.8 Å². The van der Waals surface area contributed by atoms with E-state index in [4.69, 9.17) is 11.6 Å². The van der Waals surface area contributed by atoms with Gasteiger partial charge in [0.15, 0.2) is 0 Å². The fraction of sp³-hybridized carbons (Fsp3) is 0.538. The highest BCUT2D eigenvalue weighted by Gasteiger charge is 2.05. The van der Waals surface area contributed by atoms with Gasteiger partial charge in [0.25, 0.3) is 0 Å². The summed E-state index contributed by atoms with van der Waals surface area (Å²) in [5.41, 5.74) is 1.12. The standard InChI is InChI=1S/C13H19BrClN/c1-9(2)4-5-10(3)16-11-6-7-13(15)12(14)8-11/h6-10,16H,4-5H2,1-3H3. The van der Waals surface area contributed by atoms with E-state index >= 15 is 0 Å². The Labute approximate surface area is 112 Å². The van der Waals surface area contributed by atoms with Crippen LogP contribution in [0.2, 0.25) is 5.02 Å². The quantitative estimate of drug-likeness (QED) is 0.774. The number of hydrogen-bond acceptors (Lipinski definition) is 1. The summed E-state index contributed by atoms with van der Waals surface area (Å²) in [6.07, 6.45) is 2.45. The Kier molecular flexibility index (Phi) is 5.63. The summed E-state index contributed by atoms with van der Waals surface area (Å²) >= 11 is 9.37. The topological polar surface area (TPSA) is 12.0 Å². The molecule has 0 radical (unpaired) electrons. The van der Waals surface area contributed by atoms with Crippen molar-refractivity contribution in [1.29, 1.82) is 0 Å². The predicted molar refractivity (Wildman–Crippen MR) is 76.3 cm³/mol. The number of hydrogen-bond donors (Lipinski definition) is 1. The largest absolute Gasteiger partial charge is 0.383 e. The van der Waals surface area contributed by atoms with E-state index in [1.807, 2.05) is 18.2 Å². The first-order valence-electron chi connectivity index (χ1n) is 5.70. The molecular formula is C13H19BrClN. The first kappa shape index (κ1) is 13.9. The molecule has 1 atom stereocenters. The minimum absolute atomic E-state index is 0.496. The number of benzene rings is 1. The molecule has 0 saturated heterocycles. The number of rotatable bonds is 5. The second-order valence-corrected chi connectivity index (χ2v) is 5.91. The fourth-order valence-electron chi connectivity index (χ4n) is 1.53. The number of nitrogens with one attached hydrogen (secondary N) is 1. The molecular weight excluding hydrogens is 286 g/mol. The third-order valence-electron chi connectivity index (χ3n) is 2.51. The Hall–Kier alpha value is -0.210. The lowest BCUT2D eigenvalue weighted by Gasteiger charge is -2.16. The SMILES string of the molecule is CC(C)CCC(C)Nc1ccc(Cl)c(Br)c1. The van der Waals surface area contributed by atoms with Crippen LogP contribution >= 0.6 is 27.5 Å². The third-order valence-corrected chi connectivity index (χ3v) is 3.72. The number of halogens is 2. The van der Waals surface area contributed by atoms with Crippen LogP contribution in [0.1, 0.15) is 33.6 Å². The van der Waals surface area contributed by atoms with E-state index < -0.39 is 0 Å². The molecule has 1 aromatic carbocycles. The van der Waals surface area contributed by atoms with Crippen LogP contribution in [0.15, 0.2) is 22.7 Å². The molecule has 0 bridgehead atoms. The van der Waals surface area contributed by atoms with E-state index in [0.717, 1.165) is 21.1 Å². The zero-order valence-electron chi connectivity index (χ0n) is 10.1. The molecule has 0 aliphatic carbocycles. The summed E-state index contributed by atoms with van der Waals surface area (Å²) in [6, 6.07) is 6.44. The molecule has 1 N–H and O–H groups in total. The molecule has 1 unspecified atom stereocenters. The van der Waals surface area contributed by atoms with Gasteiger partial charge in [-0.3, -0.25) is 0 Å². The maximum Gasteiger partial charge on any atom is 0.0549 e. The van der Waals surface area contributed by atoms with Gasteiger partial charge in [-0.1, -0.05) is 25.4 Å². The smallest absolute Gasteiger partial charge is 0.0549 e. The van der Waals surface area contributed by atoms with Crippen LogP contribution in [0.5, 0.6) is 0 Å². The summed E-state index contributed by atoms with van der Waals surface area (Å²) in [6.45, 7) is 6.72. The van der Waals surface area contributed by atoms with Crippen molar-refractivity contribution in [2.75, 3.05) is 5.32 Å². The van der Waals surface area contributed by atoms with Gasteiger partial charge in [-0.15, -0.1) is 0 Å². The molecule has 0 fully saturated rings. The molecule has 90 valence electrons. The Morgan fingerprint density at radius 3 is 2.50 bits per heavy atom. The van der Waals surface area contributed by atoms with Crippen molar-refractivity contribution in [2.24, 2.45) is 5.92 Å². The van der Waals surface area contributed by atoms with Crippen LogP contribution < -0.4 is 5.32 Å². The van der Waals surface area contributed by atoms with Crippen molar-refractivity contribution in [2.45, 2.75) is 39.7 Å². The molecule has 0 spiro atoms. The summed E-state index contributed by atoms with van der Waals surface area (Å²) in [7, 11) is 0. The highest BCUT2D eigenvalue weighted by atomic mass is 79.9. The lowest BCUT2D eigenvalue weighted by atomic mass is 10.0. The lowest BCUT2D eigenvalue weighted by molar-refractivity contribution is 0.528. The summed E-state index contributed by atoms with van der Waals surface area (Å²) < 4.78 is 0.940. The van der Waals surface area contributed by atoms with Crippen LogP contribution in [0.25, 0.3) is 0 Å². The van der Waals surface area contributed by atoms with Gasteiger partial charge in [0.1, 0.15) is 0 Å². The first-order valence-corrected chi connectivity index (χ1v) is 6.87. The fourth-order valence-corrected chi connectivity index (χ4v) is 2.02. The summed E-state index contributed by atoms with van der Waals surface area (Å²) in [5, 5.41) is 4.23. The van der Waals surface area contributed by atoms with Crippen molar-refractivity contribution in [3.8, 4) is 0 Å². The zero-order chi connectivity index (χ0) is 12.1. The highest BCUT2D eigenvalue weighted by molar-refractivity contribution is 9.10. The van der Waals surface area contributed by atoms with Crippen molar-refractivity contribution in [3.05, 3.63) is 27.7 Å². The van der Waals surface area contributed by atoms with Crippen molar-refractivity contribution in [3.63, 3.8) is 0 Å². The maximum absolute atomic E-state index is 5.95. The third kappa shape index (κ3) is 4.75. The van der Waals surface area contributed by atoms with Crippen molar-refractivity contribution >= 4 is 33.2 Å². The van der Waals surface area contributed by atoms with Gasteiger partial charge in [0, 0.05) is 16.2 Å². The Morgan fingerprint density at radius 1 is 1.25 bits per heavy atom. The van der Waals surface area contributed by atoms with Gasteiger partial charge in [-0.25, -0.2) is 0 Å². The summed E-state index contributed by atoms with van der Waals surface area (Å²) in [5.74, 6) is 0.765. The van der Waals surface area contributed by atoms with E-state index in [9.17, 15) is 0 Å². The molecule has 1 aromatic rings. The molecule has 3 heteroatoms. The molecule has 0 heterocycles. The van der Waals surface area contributed by atoms with E-state index in [1.54, 1.807) is 0 Å². The van der Waals surface area contributed by atoms with Crippen molar-refractivity contribution < 1.29 is 0 Å². The van der Waals surface area contributed by atoms with Gasteiger partial charge in [0.2, 0.25) is 0 Å². The molecule has 0 saturated carbocycles. The molecule has 0 aliphatic rings. The zero-order valence-corrected chi connectivity index (χ0v) is 12.4. The Bertz CT molecular complexity index is 339. The van der Waals surface area contributed by atoms with E-state index in [-0.39, 0.29) is 0 Å². The lowest BCUT2D eigenvalue weighted by Crippen LogP contribution is -2.15. The molecule has 1 rings (SSSR count). The first-order chi connectivity index (χ1) is 7.49. The highest BCUT2D eigenvalue weighted by Crippen LogP contribution is 2.26. The van der Waals surface area contributed by atoms with Crippen LogP contribution in [-0.4, -0.2) is 6.04 Å². The van der Waals surface area contributed by atoms with Crippen molar-refractivity contribution in [1.82, 2.24) is 0 Å². The molecule has 1 nitrogen and oxygen atoms in total. The number of anilines is 1. The van der Waals surface area contributed by atoms with Crippen LogP contribution in [0, 0.1) is 5.92 Å². The normalized spacial score (nSPS) is 12.9. The molecule has 0 aliphatic heterocycles. The van der Waals surface area contributed by atoms with Gasteiger partial charge >= 0.3 is 0 Å². The summed E-state index contributed by atoms with van der Waals surface area (Å²) in [4.78, 5) is 0. The molecule has 0 aromatic heterocycles. The molecule has 0 amide bonds. The van der Waals surface area contributed by atoms with E-state index in [1.165, 1.54) is 12.8 Å². The van der Waals surface area contributed by atoms with Crippen LogP contribution in [-0.2, 0) is 0 Å². The van der Waals surface area contributed by atoms with E-state index in [2.05, 4.69) is 42.0 Å². The molecule has 16 heavy (non-hydrogen) atoms. The monoisotopic (exact) mass is 303 g/mol. The minimum Gasteiger partial charge on any atom is -0.383 e. The Balaban J connectivity index is 2.49. The minimum atomic E-state index is 0.496. The maximum atomic E-state index is 5.95. The average molecular weight is 305 g/mol. The van der Waals surface area contributed by atoms with Crippen LogP contribution in [0.3, 0.4) is 0 Å².